The van der Waals surface area contributed by atoms with Crippen LogP contribution in [-0.4, -0.2) is 33.6 Å². The van der Waals surface area contributed by atoms with Crippen molar-refractivity contribution in [2.75, 3.05) is 18.5 Å². The molecule has 1 aromatic heterocycles. The molecule has 0 atom stereocenters. The number of hydrogen-bond donors (Lipinski definition) is 1. The third-order valence-corrected chi connectivity index (χ3v) is 4.40. The molecule has 0 unspecified atom stereocenters. The van der Waals surface area contributed by atoms with Crippen LogP contribution in [0.4, 0.5) is 14.9 Å². The van der Waals surface area contributed by atoms with Gasteiger partial charge in [-0.3, -0.25) is 0 Å². The number of aromatic nitrogens is 2. The summed E-state index contributed by atoms with van der Waals surface area (Å²) in [5.74, 6) is 0.365. The van der Waals surface area contributed by atoms with Crippen LogP contribution in [0.5, 0.6) is 5.75 Å². The monoisotopic (exact) mass is 396 g/mol. The molecule has 7 heteroatoms. The minimum absolute atomic E-state index is 0.285. The first-order valence-corrected chi connectivity index (χ1v) is 9.63. The number of nitrogens with one attached hydrogen (secondary N) is 1. The number of imidazole rings is 1. The van der Waals surface area contributed by atoms with Gasteiger partial charge in [0.1, 0.15) is 11.6 Å². The number of ether oxygens (including phenoxy) is 1. The summed E-state index contributed by atoms with van der Waals surface area (Å²) in [6.07, 6.45) is 6.12. The second-order valence-electron chi connectivity index (χ2n) is 6.56. The molecule has 2 amide bonds. The predicted octanol–water partition coefficient (Wildman–Crippen LogP) is 4.55. The van der Waals surface area contributed by atoms with Crippen LogP contribution in [0.3, 0.4) is 0 Å². The van der Waals surface area contributed by atoms with Crippen LogP contribution in [0.25, 0.3) is 0 Å². The smallest absolute Gasteiger partial charge is 0.322 e. The summed E-state index contributed by atoms with van der Waals surface area (Å²) >= 11 is 0. The Bertz CT molecular complexity index is 915. The van der Waals surface area contributed by atoms with E-state index in [1.807, 2.05) is 42.0 Å². The summed E-state index contributed by atoms with van der Waals surface area (Å²) in [4.78, 5) is 18.7. The van der Waals surface area contributed by atoms with Crippen molar-refractivity contribution in [2.24, 2.45) is 0 Å². The van der Waals surface area contributed by atoms with Crippen LogP contribution in [0, 0.1) is 5.82 Å². The van der Waals surface area contributed by atoms with E-state index in [1.54, 1.807) is 29.6 Å². The van der Waals surface area contributed by atoms with Crippen LogP contribution in [0.2, 0.25) is 0 Å². The molecule has 0 aliphatic carbocycles. The fourth-order valence-electron chi connectivity index (χ4n) is 3.02. The Labute approximate surface area is 169 Å². The van der Waals surface area contributed by atoms with Gasteiger partial charge < -0.3 is 19.5 Å². The summed E-state index contributed by atoms with van der Waals surface area (Å²) in [6, 6.07) is 13.3. The SMILES string of the molecule is CCOc1ccccc1CN(CCCn1ccnc1)C(=O)Nc1cccc(F)c1. The molecular formula is C22H25FN4O2. The molecule has 0 saturated carbocycles. The first kappa shape index (κ1) is 20.4. The molecule has 6 nitrogen and oxygen atoms in total. The molecule has 3 rings (SSSR count). The zero-order valence-corrected chi connectivity index (χ0v) is 16.4. The predicted molar refractivity (Wildman–Crippen MR) is 110 cm³/mol. The lowest BCUT2D eigenvalue weighted by Gasteiger charge is -2.24. The number of carbonyl (C=O) groups excluding carboxylic acids is 1. The molecule has 0 saturated heterocycles. The fourth-order valence-corrected chi connectivity index (χ4v) is 3.02. The highest BCUT2D eigenvalue weighted by Gasteiger charge is 2.16. The Morgan fingerprint density at radius 1 is 1.24 bits per heavy atom. The summed E-state index contributed by atoms with van der Waals surface area (Å²) in [5, 5.41) is 2.79. The van der Waals surface area contributed by atoms with E-state index in [1.165, 1.54) is 12.1 Å². The van der Waals surface area contributed by atoms with E-state index in [9.17, 15) is 9.18 Å². The number of halogens is 1. The molecule has 0 radical (unpaired) electrons. The molecule has 29 heavy (non-hydrogen) atoms. The molecule has 3 aromatic rings. The van der Waals surface area contributed by atoms with Crippen molar-refractivity contribution in [1.82, 2.24) is 14.5 Å². The van der Waals surface area contributed by atoms with Crippen molar-refractivity contribution in [3.05, 3.63) is 78.6 Å². The highest BCUT2D eigenvalue weighted by atomic mass is 19.1. The van der Waals surface area contributed by atoms with Gasteiger partial charge in [0.15, 0.2) is 0 Å². The van der Waals surface area contributed by atoms with Gasteiger partial charge in [-0.1, -0.05) is 24.3 Å². The van der Waals surface area contributed by atoms with E-state index >= 15 is 0 Å². The Kier molecular flexibility index (Phi) is 7.22. The van der Waals surface area contributed by atoms with Gasteiger partial charge in [0.05, 0.1) is 19.5 Å². The van der Waals surface area contributed by atoms with E-state index in [0.717, 1.165) is 24.3 Å². The molecule has 0 fully saturated rings. The number of para-hydroxylation sites is 1. The molecule has 152 valence electrons. The van der Waals surface area contributed by atoms with E-state index in [0.29, 0.717) is 25.4 Å². The zero-order valence-electron chi connectivity index (χ0n) is 16.4. The van der Waals surface area contributed by atoms with Gasteiger partial charge in [0.25, 0.3) is 0 Å². The molecule has 0 bridgehead atoms. The maximum absolute atomic E-state index is 13.5. The van der Waals surface area contributed by atoms with Gasteiger partial charge in [0, 0.05) is 36.7 Å². The zero-order chi connectivity index (χ0) is 20.5. The quantitative estimate of drug-likeness (QED) is 0.577. The number of urea groups is 1. The molecule has 2 aromatic carbocycles. The first-order chi connectivity index (χ1) is 14.2. The van der Waals surface area contributed by atoms with Crippen LogP contribution in [0.1, 0.15) is 18.9 Å². The minimum atomic E-state index is -0.392. The lowest BCUT2D eigenvalue weighted by atomic mass is 10.2. The summed E-state index contributed by atoms with van der Waals surface area (Å²) in [7, 11) is 0. The number of carbonyl (C=O) groups is 1. The van der Waals surface area contributed by atoms with Crippen molar-refractivity contribution < 1.29 is 13.9 Å². The minimum Gasteiger partial charge on any atom is -0.494 e. The van der Waals surface area contributed by atoms with Crippen molar-refractivity contribution >= 4 is 11.7 Å². The Morgan fingerprint density at radius 2 is 2.10 bits per heavy atom. The summed E-state index contributed by atoms with van der Waals surface area (Å²) < 4.78 is 21.1. The number of aryl methyl sites for hydroxylation is 1. The van der Waals surface area contributed by atoms with Crippen molar-refractivity contribution in [3.8, 4) is 5.75 Å². The summed E-state index contributed by atoms with van der Waals surface area (Å²) in [5.41, 5.74) is 1.35. The number of amides is 2. The third kappa shape index (κ3) is 6.07. The van der Waals surface area contributed by atoms with E-state index in [-0.39, 0.29) is 6.03 Å². The van der Waals surface area contributed by atoms with Gasteiger partial charge in [-0.05, 0) is 37.6 Å². The van der Waals surface area contributed by atoms with Gasteiger partial charge in [-0.15, -0.1) is 0 Å². The summed E-state index contributed by atoms with van der Waals surface area (Å²) in [6.45, 7) is 4.14. The fraction of sp³-hybridized carbons (Fsp3) is 0.273. The van der Waals surface area contributed by atoms with Crippen LogP contribution in [0.15, 0.2) is 67.3 Å². The third-order valence-electron chi connectivity index (χ3n) is 4.40. The topological polar surface area (TPSA) is 59.4 Å². The largest absolute Gasteiger partial charge is 0.494 e. The van der Waals surface area contributed by atoms with Gasteiger partial charge in [0.2, 0.25) is 0 Å². The molecule has 0 aliphatic rings. The average molecular weight is 396 g/mol. The van der Waals surface area contributed by atoms with Gasteiger partial charge in [-0.25, -0.2) is 14.2 Å². The molecule has 0 aliphatic heterocycles. The number of nitrogens with zero attached hydrogens (tertiary/aromatic N) is 3. The Morgan fingerprint density at radius 3 is 2.86 bits per heavy atom. The highest BCUT2D eigenvalue weighted by molar-refractivity contribution is 5.89. The Balaban J connectivity index is 1.72. The average Bonchev–Trinajstić information content (AvgIpc) is 3.22. The molecular weight excluding hydrogens is 371 g/mol. The van der Waals surface area contributed by atoms with E-state index < -0.39 is 5.82 Å². The molecule has 1 N–H and O–H groups in total. The molecule has 1 heterocycles. The van der Waals surface area contributed by atoms with Crippen LogP contribution >= 0.6 is 0 Å². The van der Waals surface area contributed by atoms with Gasteiger partial charge >= 0.3 is 6.03 Å². The van der Waals surface area contributed by atoms with Crippen LogP contribution in [-0.2, 0) is 13.1 Å². The Hall–Kier alpha value is -3.35. The lowest BCUT2D eigenvalue weighted by Crippen LogP contribution is -2.35. The van der Waals surface area contributed by atoms with Crippen LogP contribution < -0.4 is 10.1 Å². The van der Waals surface area contributed by atoms with E-state index in [2.05, 4.69) is 10.3 Å². The van der Waals surface area contributed by atoms with Crippen molar-refractivity contribution in [3.63, 3.8) is 0 Å². The second-order valence-corrected chi connectivity index (χ2v) is 6.56. The maximum atomic E-state index is 13.5. The number of rotatable bonds is 9. The number of hydrogen-bond acceptors (Lipinski definition) is 3. The number of benzene rings is 2. The number of anilines is 1. The van der Waals surface area contributed by atoms with E-state index in [4.69, 9.17) is 4.74 Å². The van der Waals surface area contributed by atoms with Crippen molar-refractivity contribution in [2.45, 2.75) is 26.4 Å². The highest BCUT2D eigenvalue weighted by Crippen LogP contribution is 2.21. The second kappa shape index (κ2) is 10.3. The first-order valence-electron chi connectivity index (χ1n) is 9.63. The standard InChI is InChI=1S/C22H25FN4O2/c1-2-29-21-10-4-3-7-18(21)16-27(13-6-12-26-14-11-24-17-26)22(28)25-20-9-5-8-19(23)15-20/h3-5,7-11,14-15,17H,2,6,12-13,16H2,1H3,(H,25,28). The molecule has 0 spiro atoms. The maximum Gasteiger partial charge on any atom is 0.322 e. The van der Waals surface area contributed by atoms with Gasteiger partial charge in [-0.2, -0.15) is 0 Å². The normalized spacial score (nSPS) is 10.6. The lowest BCUT2D eigenvalue weighted by molar-refractivity contribution is 0.206. The van der Waals surface area contributed by atoms with Crippen molar-refractivity contribution in [1.29, 1.82) is 0 Å².